The van der Waals surface area contributed by atoms with Gasteiger partial charge in [-0.1, -0.05) is 23.8 Å². The molecule has 0 unspecified atom stereocenters. The maximum Gasteiger partial charge on any atom is 0.270 e. The molecule has 20 heavy (non-hydrogen) atoms. The fourth-order valence-electron chi connectivity index (χ4n) is 2.04. The maximum atomic E-state index is 12.1. The number of nitrogens with one attached hydrogen (secondary N) is 1. The molecule has 1 aromatic heterocycles. The second-order valence-corrected chi connectivity index (χ2v) is 4.66. The van der Waals surface area contributed by atoms with Crippen LogP contribution in [0.3, 0.4) is 0 Å². The minimum absolute atomic E-state index is 0.153. The zero-order valence-corrected chi connectivity index (χ0v) is 11.9. The summed E-state index contributed by atoms with van der Waals surface area (Å²) in [6, 6.07) is 11.0. The van der Waals surface area contributed by atoms with E-state index in [1.165, 1.54) is 0 Å². The average Bonchev–Trinajstić information content (AvgIpc) is 2.48. The number of pyridine rings is 1. The number of methoxy groups -OCH3 is 1. The van der Waals surface area contributed by atoms with E-state index in [4.69, 9.17) is 4.74 Å². The van der Waals surface area contributed by atoms with Gasteiger partial charge in [-0.25, -0.2) is 0 Å². The molecule has 0 aliphatic carbocycles. The van der Waals surface area contributed by atoms with Gasteiger partial charge in [0.15, 0.2) is 0 Å². The summed E-state index contributed by atoms with van der Waals surface area (Å²) in [6.07, 6.45) is 1.60. The highest BCUT2D eigenvalue weighted by Gasteiger charge is 2.15. The molecule has 1 N–H and O–H groups in total. The Morgan fingerprint density at radius 2 is 2.10 bits per heavy atom. The lowest BCUT2D eigenvalue weighted by molar-refractivity contribution is 0.0934. The van der Waals surface area contributed by atoms with Crippen molar-refractivity contribution in [3.63, 3.8) is 0 Å². The number of carbonyl (C=O) groups excluding carboxylic acids is 1. The highest BCUT2D eigenvalue weighted by molar-refractivity contribution is 5.92. The highest BCUT2D eigenvalue weighted by atomic mass is 16.5. The van der Waals surface area contributed by atoms with E-state index in [0.717, 1.165) is 16.9 Å². The third-order valence-electron chi connectivity index (χ3n) is 3.10. The summed E-state index contributed by atoms with van der Waals surface area (Å²) >= 11 is 0. The number of nitrogens with zero attached hydrogens (tertiary/aromatic N) is 1. The van der Waals surface area contributed by atoms with Crippen molar-refractivity contribution in [3.8, 4) is 5.75 Å². The summed E-state index contributed by atoms with van der Waals surface area (Å²) in [6.45, 7) is 3.94. The fourth-order valence-corrected chi connectivity index (χ4v) is 2.04. The molecule has 0 fully saturated rings. The third kappa shape index (κ3) is 3.15. The second-order valence-electron chi connectivity index (χ2n) is 4.66. The maximum absolute atomic E-state index is 12.1. The summed E-state index contributed by atoms with van der Waals surface area (Å²) in [5.41, 5.74) is 2.49. The second kappa shape index (κ2) is 6.19. The van der Waals surface area contributed by atoms with E-state index in [-0.39, 0.29) is 11.9 Å². The number of hydrogen-bond donors (Lipinski definition) is 1. The summed E-state index contributed by atoms with van der Waals surface area (Å²) < 4.78 is 5.34. The molecule has 1 atom stereocenters. The van der Waals surface area contributed by atoms with Crippen molar-refractivity contribution in [2.24, 2.45) is 0 Å². The lowest BCUT2D eigenvalue weighted by Gasteiger charge is -2.17. The third-order valence-corrected chi connectivity index (χ3v) is 3.10. The van der Waals surface area contributed by atoms with Crippen LogP contribution in [0.1, 0.15) is 34.6 Å². The van der Waals surface area contributed by atoms with E-state index in [1.807, 2.05) is 32.0 Å². The molecule has 0 bridgehead atoms. The smallest absolute Gasteiger partial charge is 0.270 e. The number of benzene rings is 1. The van der Waals surface area contributed by atoms with Crippen LogP contribution in [-0.4, -0.2) is 18.0 Å². The quantitative estimate of drug-likeness (QED) is 0.929. The van der Waals surface area contributed by atoms with Crippen molar-refractivity contribution in [2.75, 3.05) is 7.11 Å². The van der Waals surface area contributed by atoms with Gasteiger partial charge in [0.05, 0.1) is 13.2 Å². The van der Waals surface area contributed by atoms with Gasteiger partial charge < -0.3 is 10.1 Å². The Labute approximate surface area is 118 Å². The van der Waals surface area contributed by atoms with Gasteiger partial charge in [0.2, 0.25) is 0 Å². The Bertz CT molecular complexity index is 597. The van der Waals surface area contributed by atoms with E-state index in [9.17, 15) is 4.79 Å². The number of amides is 1. The fraction of sp³-hybridized carbons (Fsp3) is 0.250. The minimum Gasteiger partial charge on any atom is -0.496 e. The molecule has 1 amide bonds. The molecule has 1 aromatic carbocycles. The molecule has 4 heteroatoms. The van der Waals surface area contributed by atoms with Crippen molar-refractivity contribution < 1.29 is 9.53 Å². The first-order valence-corrected chi connectivity index (χ1v) is 6.48. The van der Waals surface area contributed by atoms with Crippen LogP contribution < -0.4 is 10.1 Å². The number of ether oxygens (including phenoxy) is 1. The molecule has 104 valence electrons. The predicted octanol–water partition coefficient (Wildman–Crippen LogP) is 2.89. The van der Waals surface area contributed by atoms with Gasteiger partial charge in [-0.3, -0.25) is 9.78 Å². The van der Waals surface area contributed by atoms with Crippen LogP contribution in [0, 0.1) is 6.92 Å². The molecule has 0 aliphatic rings. The number of hydrogen-bond acceptors (Lipinski definition) is 3. The van der Waals surface area contributed by atoms with E-state index >= 15 is 0 Å². The Morgan fingerprint density at radius 3 is 2.75 bits per heavy atom. The molecule has 0 radical (unpaired) electrons. The molecule has 0 aliphatic heterocycles. The summed E-state index contributed by atoms with van der Waals surface area (Å²) in [5.74, 6) is 0.575. The van der Waals surface area contributed by atoms with Gasteiger partial charge in [0.1, 0.15) is 11.4 Å². The van der Waals surface area contributed by atoms with Gasteiger partial charge in [-0.15, -0.1) is 0 Å². The lowest BCUT2D eigenvalue weighted by atomic mass is 10.0. The lowest BCUT2D eigenvalue weighted by Crippen LogP contribution is -2.27. The van der Waals surface area contributed by atoms with E-state index in [0.29, 0.717) is 5.69 Å². The van der Waals surface area contributed by atoms with Gasteiger partial charge in [-0.05, 0) is 32.0 Å². The van der Waals surface area contributed by atoms with Crippen molar-refractivity contribution in [2.45, 2.75) is 19.9 Å². The average molecular weight is 270 g/mol. The molecule has 1 heterocycles. The molecule has 0 saturated heterocycles. The van der Waals surface area contributed by atoms with Gasteiger partial charge >= 0.3 is 0 Å². The number of aromatic nitrogens is 1. The van der Waals surface area contributed by atoms with Gasteiger partial charge in [0, 0.05) is 11.8 Å². The molecular formula is C16H18N2O2. The normalized spacial score (nSPS) is 11.8. The van der Waals surface area contributed by atoms with Crippen molar-refractivity contribution >= 4 is 5.91 Å². The molecule has 0 spiro atoms. The minimum atomic E-state index is -0.193. The molecular weight excluding hydrogens is 252 g/mol. The first kappa shape index (κ1) is 14.1. The van der Waals surface area contributed by atoms with Crippen LogP contribution >= 0.6 is 0 Å². The van der Waals surface area contributed by atoms with E-state index in [2.05, 4.69) is 10.3 Å². The zero-order valence-electron chi connectivity index (χ0n) is 11.9. The standard InChI is InChI=1S/C16H18N2O2/c1-11-7-8-15(20-3)13(10-11)12(2)18-16(19)14-6-4-5-9-17-14/h4-10,12H,1-3H3,(H,18,19)/t12-/m1/s1. The zero-order chi connectivity index (χ0) is 14.5. The van der Waals surface area contributed by atoms with E-state index < -0.39 is 0 Å². The molecule has 4 nitrogen and oxygen atoms in total. The van der Waals surface area contributed by atoms with Crippen LogP contribution in [0.25, 0.3) is 0 Å². The van der Waals surface area contributed by atoms with Crippen LogP contribution in [0.4, 0.5) is 0 Å². The van der Waals surface area contributed by atoms with Crippen LogP contribution in [-0.2, 0) is 0 Å². The van der Waals surface area contributed by atoms with Crippen LogP contribution in [0.2, 0.25) is 0 Å². The largest absolute Gasteiger partial charge is 0.496 e. The van der Waals surface area contributed by atoms with Gasteiger partial charge in [-0.2, -0.15) is 0 Å². The van der Waals surface area contributed by atoms with Crippen LogP contribution in [0.15, 0.2) is 42.6 Å². The Morgan fingerprint density at radius 1 is 1.30 bits per heavy atom. The van der Waals surface area contributed by atoms with Crippen molar-refractivity contribution in [1.82, 2.24) is 10.3 Å². The summed E-state index contributed by atoms with van der Waals surface area (Å²) in [5, 5.41) is 2.93. The molecule has 0 saturated carbocycles. The Kier molecular flexibility index (Phi) is 4.35. The van der Waals surface area contributed by atoms with Gasteiger partial charge in [0.25, 0.3) is 5.91 Å². The highest BCUT2D eigenvalue weighted by Crippen LogP contribution is 2.26. The first-order valence-electron chi connectivity index (χ1n) is 6.48. The predicted molar refractivity (Wildman–Crippen MR) is 77.8 cm³/mol. The van der Waals surface area contributed by atoms with Crippen molar-refractivity contribution in [1.29, 1.82) is 0 Å². The first-order chi connectivity index (χ1) is 9.61. The number of aryl methyl sites for hydroxylation is 1. The monoisotopic (exact) mass is 270 g/mol. The number of carbonyl (C=O) groups is 1. The van der Waals surface area contributed by atoms with Crippen molar-refractivity contribution in [3.05, 3.63) is 59.4 Å². The molecule has 2 aromatic rings. The Balaban J connectivity index is 2.18. The summed E-state index contributed by atoms with van der Waals surface area (Å²) in [4.78, 5) is 16.1. The SMILES string of the molecule is COc1ccc(C)cc1[C@@H](C)NC(=O)c1ccccn1. The van der Waals surface area contributed by atoms with Crippen LogP contribution in [0.5, 0.6) is 5.75 Å². The van der Waals surface area contributed by atoms with E-state index in [1.54, 1.807) is 31.5 Å². The summed E-state index contributed by atoms with van der Waals surface area (Å²) in [7, 11) is 1.63. The molecule has 2 rings (SSSR count). The topological polar surface area (TPSA) is 51.2 Å². The number of rotatable bonds is 4. The Hall–Kier alpha value is -2.36.